The zero-order valence-electron chi connectivity index (χ0n) is 9.89. The van der Waals surface area contributed by atoms with E-state index in [1.807, 2.05) is 48.5 Å². The Hall–Kier alpha value is -2.35. The SMILES string of the molecule is NC(=O)C1=c2ccccc2=CCc2ccccc21. The van der Waals surface area contributed by atoms with Crippen LogP contribution in [0.15, 0.2) is 48.5 Å². The fourth-order valence-corrected chi connectivity index (χ4v) is 2.48. The molecule has 0 fully saturated rings. The first-order chi connectivity index (χ1) is 8.77. The summed E-state index contributed by atoms with van der Waals surface area (Å²) in [6, 6.07) is 15.8. The molecule has 2 aromatic carbocycles. The molecule has 1 aliphatic carbocycles. The molecule has 0 aliphatic heterocycles. The molecule has 2 heteroatoms. The quantitative estimate of drug-likeness (QED) is 0.777. The predicted molar refractivity (Wildman–Crippen MR) is 72.0 cm³/mol. The van der Waals surface area contributed by atoms with Gasteiger partial charge in [0.05, 0.1) is 5.57 Å². The number of fused-ring (bicyclic) bond motifs is 2. The van der Waals surface area contributed by atoms with Crippen LogP contribution in [0, 0.1) is 0 Å². The molecule has 0 saturated heterocycles. The summed E-state index contributed by atoms with van der Waals surface area (Å²) >= 11 is 0. The lowest BCUT2D eigenvalue weighted by Gasteiger charge is -2.07. The van der Waals surface area contributed by atoms with E-state index in [0.717, 1.165) is 28.0 Å². The number of amides is 1. The third kappa shape index (κ3) is 1.63. The Balaban J connectivity index is 2.50. The predicted octanol–water partition coefficient (Wildman–Crippen LogP) is 0.707. The Morgan fingerprint density at radius 1 is 1.00 bits per heavy atom. The Kier molecular flexibility index (Phi) is 2.49. The summed E-state index contributed by atoms with van der Waals surface area (Å²) < 4.78 is 0. The number of hydrogen-bond donors (Lipinski definition) is 1. The van der Waals surface area contributed by atoms with Crippen molar-refractivity contribution in [2.75, 3.05) is 0 Å². The van der Waals surface area contributed by atoms with E-state index in [0.29, 0.717) is 5.57 Å². The van der Waals surface area contributed by atoms with Crippen molar-refractivity contribution < 1.29 is 4.79 Å². The van der Waals surface area contributed by atoms with Crippen LogP contribution in [-0.2, 0) is 11.2 Å². The highest BCUT2D eigenvalue weighted by atomic mass is 16.1. The topological polar surface area (TPSA) is 43.1 Å². The molecule has 0 saturated carbocycles. The van der Waals surface area contributed by atoms with Gasteiger partial charge >= 0.3 is 0 Å². The lowest BCUT2D eigenvalue weighted by Crippen LogP contribution is -2.31. The first-order valence-electron chi connectivity index (χ1n) is 5.95. The number of carbonyl (C=O) groups excluding carboxylic acids is 1. The van der Waals surface area contributed by atoms with Gasteiger partial charge in [-0.2, -0.15) is 0 Å². The van der Waals surface area contributed by atoms with Gasteiger partial charge in [0.25, 0.3) is 0 Å². The number of carbonyl (C=O) groups is 1. The molecular formula is C16H13NO. The van der Waals surface area contributed by atoms with Crippen LogP contribution >= 0.6 is 0 Å². The lowest BCUT2D eigenvalue weighted by atomic mass is 9.97. The average molecular weight is 235 g/mol. The van der Waals surface area contributed by atoms with E-state index < -0.39 is 0 Å². The van der Waals surface area contributed by atoms with E-state index in [1.165, 1.54) is 0 Å². The summed E-state index contributed by atoms with van der Waals surface area (Å²) in [5, 5.41) is 2.00. The maximum Gasteiger partial charge on any atom is 0.249 e. The van der Waals surface area contributed by atoms with Gasteiger partial charge in [0.2, 0.25) is 5.91 Å². The molecule has 0 bridgehead atoms. The third-order valence-electron chi connectivity index (χ3n) is 3.31. The summed E-state index contributed by atoms with van der Waals surface area (Å²) in [5.41, 5.74) is 8.29. The molecule has 0 radical (unpaired) electrons. The third-order valence-corrected chi connectivity index (χ3v) is 3.31. The molecule has 2 aromatic rings. The Labute approximate surface area is 105 Å². The lowest BCUT2D eigenvalue weighted by molar-refractivity contribution is -0.112. The minimum Gasteiger partial charge on any atom is -0.366 e. The van der Waals surface area contributed by atoms with E-state index in [-0.39, 0.29) is 5.91 Å². The second kappa shape index (κ2) is 4.15. The number of benzene rings is 2. The molecule has 1 amide bonds. The molecule has 18 heavy (non-hydrogen) atoms. The Morgan fingerprint density at radius 2 is 1.72 bits per heavy atom. The van der Waals surface area contributed by atoms with Crippen molar-refractivity contribution in [3.05, 3.63) is 70.1 Å². The van der Waals surface area contributed by atoms with Crippen molar-refractivity contribution in [1.29, 1.82) is 0 Å². The molecule has 2 N–H and O–H groups in total. The van der Waals surface area contributed by atoms with Crippen molar-refractivity contribution >= 4 is 17.6 Å². The number of nitrogens with two attached hydrogens (primary N) is 1. The zero-order chi connectivity index (χ0) is 12.5. The standard InChI is InChI=1S/C16H13NO/c17-16(18)15-13-7-3-1-5-11(13)9-10-12-6-2-4-8-14(12)15/h1-9H,10H2,(H2,17,18). The first kappa shape index (κ1) is 10.8. The van der Waals surface area contributed by atoms with Crippen LogP contribution in [0.4, 0.5) is 0 Å². The number of rotatable bonds is 1. The second-order valence-electron chi connectivity index (χ2n) is 4.39. The fraction of sp³-hybridized carbons (Fsp3) is 0.0625. The molecule has 2 nitrogen and oxygen atoms in total. The number of hydrogen-bond acceptors (Lipinski definition) is 1. The smallest absolute Gasteiger partial charge is 0.249 e. The monoisotopic (exact) mass is 235 g/mol. The van der Waals surface area contributed by atoms with Crippen molar-refractivity contribution in [3.8, 4) is 0 Å². The fourth-order valence-electron chi connectivity index (χ4n) is 2.48. The van der Waals surface area contributed by atoms with Crippen molar-refractivity contribution in [2.24, 2.45) is 5.73 Å². The van der Waals surface area contributed by atoms with Crippen LogP contribution in [-0.4, -0.2) is 5.91 Å². The van der Waals surface area contributed by atoms with Gasteiger partial charge in [-0.25, -0.2) is 0 Å². The molecule has 88 valence electrons. The van der Waals surface area contributed by atoms with Crippen LogP contribution in [0.2, 0.25) is 0 Å². The summed E-state index contributed by atoms with van der Waals surface area (Å²) in [6.07, 6.45) is 2.97. The number of primary amides is 1. The molecule has 0 atom stereocenters. The van der Waals surface area contributed by atoms with Crippen molar-refractivity contribution in [3.63, 3.8) is 0 Å². The minimum absolute atomic E-state index is 0.370. The average Bonchev–Trinajstić information content (AvgIpc) is 2.55. The van der Waals surface area contributed by atoms with Gasteiger partial charge in [0.1, 0.15) is 0 Å². The maximum atomic E-state index is 11.8. The molecule has 0 spiro atoms. The minimum atomic E-state index is -0.370. The van der Waals surface area contributed by atoms with Gasteiger partial charge in [-0.1, -0.05) is 54.6 Å². The van der Waals surface area contributed by atoms with E-state index in [9.17, 15) is 4.79 Å². The van der Waals surface area contributed by atoms with E-state index in [4.69, 9.17) is 5.73 Å². The molecule has 0 heterocycles. The van der Waals surface area contributed by atoms with E-state index in [1.54, 1.807) is 0 Å². The summed E-state index contributed by atoms with van der Waals surface area (Å²) in [4.78, 5) is 11.8. The second-order valence-corrected chi connectivity index (χ2v) is 4.39. The maximum absolute atomic E-state index is 11.8. The summed E-state index contributed by atoms with van der Waals surface area (Å²) in [5.74, 6) is -0.370. The highest BCUT2D eigenvalue weighted by Gasteiger charge is 2.15. The van der Waals surface area contributed by atoms with Crippen LogP contribution in [0.3, 0.4) is 0 Å². The summed E-state index contributed by atoms with van der Waals surface area (Å²) in [6.45, 7) is 0. The van der Waals surface area contributed by atoms with Crippen molar-refractivity contribution in [2.45, 2.75) is 6.42 Å². The zero-order valence-corrected chi connectivity index (χ0v) is 9.89. The van der Waals surface area contributed by atoms with Crippen LogP contribution in [0.1, 0.15) is 11.1 Å². The Morgan fingerprint density at radius 3 is 2.56 bits per heavy atom. The molecule has 1 aliphatic rings. The van der Waals surface area contributed by atoms with Gasteiger partial charge in [-0.15, -0.1) is 0 Å². The van der Waals surface area contributed by atoms with Crippen LogP contribution < -0.4 is 16.2 Å². The first-order valence-corrected chi connectivity index (χ1v) is 5.95. The van der Waals surface area contributed by atoms with Gasteiger partial charge in [-0.3, -0.25) is 4.79 Å². The van der Waals surface area contributed by atoms with Gasteiger partial charge < -0.3 is 5.73 Å². The normalized spacial score (nSPS) is 13.0. The highest BCUT2D eigenvalue weighted by molar-refractivity contribution is 6.18. The molecule has 0 unspecified atom stereocenters. The summed E-state index contributed by atoms with van der Waals surface area (Å²) in [7, 11) is 0. The molecule has 3 rings (SSSR count). The van der Waals surface area contributed by atoms with Crippen LogP contribution in [0.25, 0.3) is 11.6 Å². The molecular weight excluding hydrogens is 222 g/mol. The Bertz CT molecular complexity index is 744. The van der Waals surface area contributed by atoms with Crippen LogP contribution in [0.5, 0.6) is 0 Å². The van der Waals surface area contributed by atoms with Gasteiger partial charge in [-0.05, 0) is 28.0 Å². The largest absolute Gasteiger partial charge is 0.366 e. The van der Waals surface area contributed by atoms with E-state index >= 15 is 0 Å². The van der Waals surface area contributed by atoms with Crippen molar-refractivity contribution in [1.82, 2.24) is 0 Å². The molecule has 0 aromatic heterocycles. The van der Waals surface area contributed by atoms with E-state index in [2.05, 4.69) is 6.08 Å². The van der Waals surface area contributed by atoms with Gasteiger partial charge in [0.15, 0.2) is 0 Å². The van der Waals surface area contributed by atoms with Gasteiger partial charge in [0, 0.05) is 0 Å². The highest BCUT2D eigenvalue weighted by Crippen LogP contribution is 2.18.